The van der Waals surface area contributed by atoms with Crippen LogP contribution in [0.15, 0.2) is 30.3 Å². The lowest BCUT2D eigenvalue weighted by molar-refractivity contribution is 0.171. The first-order chi connectivity index (χ1) is 10.7. The second kappa shape index (κ2) is 5.89. The van der Waals surface area contributed by atoms with Gasteiger partial charge in [-0.3, -0.25) is 0 Å². The first-order valence-corrected chi connectivity index (χ1v) is 6.74. The summed E-state index contributed by atoms with van der Waals surface area (Å²) in [5.41, 5.74) is 1.77. The van der Waals surface area contributed by atoms with Crippen LogP contribution in [0.4, 0.5) is 0 Å². The first-order valence-electron chi connectivity index (χ1n) is 6.74. The van der Waals surface area contributed by atoms with E-state index in [1.807, 2.05) is 36.4 Å². The fourth-order valence-electron chi connectivity index (χ4n) is 2.26. The second-order valence-corrected chi connectivity index (χ2v) is 4.72. The summed E-state index contributed by atoms with van der Waals surface area (Å²) >= 11 is 0. The molecule has 0 radical (unpaired) electrons. The molecule has 5 nitrogen and oxygen atoms in total. The molecule has 0 atom stereocenters. The van der Waals surface area contributed by atoms with Gasteiger partial charge in [-0.05, 0) is 35.4 Å². The van der Waals surface area contributed by atoms with Gasteiger partial charge in [0, 0.05) is 0 Å². The molecule has 1 aliphatic heterocycles. The summed E-state index contributed by atoms with van der Waals surface area (Å²) in [6.07, 6.45) is 3.79. The number of hydrogen-bond donors (Lipinski definition) is 1. The minimum atomic E-state index is 0.0713. The van der Waals surface area contributed by atoms with Gasteiger partial charge in [-0.15, -0.1) is 0 Å². The van der Waals surface area contributed by atoms with Gasteiger partial charge in [0.05, 0.1) is 14.2 Å². The number of methoxy groups -OCH3 is 2. The number of rotatable bonds is 4. The Morgan fingerprint density at radius 2 is 1.73 bits per heavy atom. The van der Waals surface area contributed by atoms with Gasteiger partial charge in [0.1, 0.15) is 0 Å². The summed E-state index contributed by atoms with van der Waals surface area (Å²) < 4.78 is 20.9. The van der Waals surface area contributed by atoms with E-state index in [-0.39, 0.29) is 12.5 Å². The molecule has 2 aromatic carbocycles. The third kappa shape index (κ3) is 2.65. The highest BCUT2D eigenvalue weighted by atomic mass is 16.7. The van der Waals surface area contributed by atoms with Gasteiger partial charge in [0.25, 0.3) is 0 Å². The number of aromatic hydroxyl groups is 1. The van der Waals surface area contributed by atoms with Crippen LogP contribution in [-0.4, -0.2) is 26.1 Å². The van der Waals surface area contributed by atoms with Crippen LogP contribution in [0, 0.1) is 0 Å². The maximum absolute atomic E-state index is 9.88. The second-order valence-electron chi connectivity index (χ2n) is 4.72. The molecule has 0 fully saturated rings. The van der Waals surface area contributed by atoms with E-state index in [1.54, 1.807) is 20.3 Å². The Morgan fingerprint density at radius 1 is 0.955 bits per heavy atom. The Bertz CT molecular complexity index is 721. The van der Waals surface area contributed by atoms with E-state index in [0.717, 1.165) is 11.1 Å². The lowest BCUT2D eigenvalue weighted by Gasteiger charge is -2.07. The summed E-state index contributed by atoms with van der Waals surface area (Å²) in [5, 5.41) is 9.88. The fourth-order valence-corrected chi connectivity index (χ4v) is 2.26. The van der Waals surface area contributed by atoms with E-state index < -0.39 is 0 Å². The number of phenols is 1. The Labute approximate surface area is 128 Å². The molecule has 5 heteroatoms. The minimum Gasteiger partial charge on any atom is -0.504 e. The Balaban J connectivity index is 1.87. The lowest BCUT2D eigenvalue weighted by Crippen LogP contribution is -1.93. The highest BCUT2D eigenvalue weighted by Gasteiger charge is 2.18. The standard InChI is InChI=1S/C17H16O5/c1-19-14-6-5-11(8-15(14)20-2)3-4-12-7-13(18)17-16(9-12)21-10-22-17/h3-9,18H,10H2,1-2H3. The largest absolute Gasteiger partial charge is 0.504 e. The summed E-state index contributed by atoms with van der Waals surface area (Å²) in [6.45, 7) is 0.131. The van der Waals surface area contributed by atoms with Crippen molar-refractivity contribution in [3.05, 3.63) is 41.5 Å². The zero-order chi connectivity index (χ0) is 15.5. The van der Waals surface area contributed by atoms with Gasteiger partial charge >= 0.3 is 0 Å². The topological polar surface area (TPSA) is 57.2 Å². The van der Waals surface area contributed by atoms with E-state index in [1.165, 1.54) is 0 Å². The third-order valence-electron chi connectivity index (χ3n) is 3.35. The van der Waals surface area contributed by atoms with Crippen LogP contribution < -0.4 is 18.9 Å². The molecule has 1 aliphatic rings. The molecule has 0 aromatic heterocycles. The molecule has 0 saturated heterocycles. The van der Waals surface area contributed by atoms with Gasteiger partial charge in [-0.1, -0.05) is 18.2 Å². The predicted molar refractivity (Wildman–Crippen MR) is 82.7 cm³/mol. The molecule has 0 amide bonds. The molecule has 3 rings (SSSR count). The van der Waals surface area contributed by atoms with Crippen molar-refractivity contribution in [1.82, 2.24) is 0 Å². The van der Waals surface area contributed by atoms with Crippen molar-refractivity contribution in [3.8, 4) is 28.7 Å². The Morgan fingerprint density at radius 3 is 2.50 bits per heavy atom. The minimum absolute atomic E-state index is 0.0713. The van der Waals surface area contributed by atoms with Crippen LogP contribution in [-0.2, 0) is 0 Å². The molecule has 1 heterocycles. The SMILES string of the molecule is COc1ccc(C=Cc2cc(O)c3c(c2)OCO3)cc1OC. The molecule has 0 unspecified atom stereocenters. The molecule has 114 valence electrons. The number of benzene rings is 2. The molecule has 0 aliphatic carbocycles. The number of hydrogen-bond acceptors (Lipinski definition) is 5. The van der Waals surface area contributed by atoms with Crippen molar-refractivity contribution in [1.29, 1.82) is 0 Å². The molecule has 0 spiro atoms. The Kier molecular flexibility index (Phi) is 3.78. The molecule has 2 aromatic rings. The molecule has 22 heavy (non-hydrogen) atoms. The fraction of sp³-hybridized carbons (Fsp3) is 0.176. The van der Waals surface area contributed by atoms with Crippen LogP contribution in [0.2, 0.25) is 0 Å². The molecular formula is C17H16O5. The summed E-state index contributed by atoms with van der Waals surface area (Å²) in [4.78, 5) is 0. The first kappa shape index (κ1) is 14.1. The van der Waals surface area contributed by atoms with Crippen molar-refractivity contribution in [2.24, 2.45) is 0 Å². The van der Waals surface area contributed by atoms with Crippen molar-refractivity contribution >= 4 is 12.2 Å². The van der Waals surface area contributed by atoms with Gasteiger partial charge in [-0.2, -0.15) is 0 Å². The smallest absolute Gasteiger partial charge is 0.231 e. The van der Waals surface area contributed by atoms with E-state index in [0.29, 0.717) is 23.0 Å². The summed E-state index contributed by atoms with van der Waals surface area (Å²) in [6, 6.07) is 9.09. The molecule has 1 N–H and O–H groups in total. The van der Waals surface area contributed by atoms with E-state index in [9.17, 15) is 5.11 Å². The van der Waals surface area contributed by atoms with E-state index in [4.69, 9.17) is 18.9 Å². The monoisotopic (exact) mass is 300 g/mol. The predicted octanol–water partition coefficient (Wildman–Crippen LogP) is 3.31. The number of ether oxygens (including phenoxy) is 4. The maximum atomic E-state index is 9.88. The van der Waals surface area contributed by atoms with Crippen molar-refractivity contribution in [2.45, 2.75) is 0 Å². The zero-order valence-electron chi connectivity index (χ0n) is 12.3. The van der Waals surface area contributed by atoms with Gasteiger partial charge in [0.2, 0.25) is 12.5 Å². The average Bonchev–Trinajstić information content (AvgIpc) is 3.01. The van der Waals surface area contributed by atoms with Gasteiger partial charge in [0.15, 0.2) is 23.0 Å². The average molecular weight is 300 g/mol. The maximum Gasteiger partial charge on any atom is 0.231 e. The van der Waals surface area contributed by atoms with Crippen molar-refractivity contribution < 1.29 is 24.1 Å². The van der Waals surface area contributed by atoms with Crippen LogP contribution in [0.25, 0.3) is 12.2 Å². The lowest BCUT2D eigenvalue weighted by atomic mass is 10.1. The Hall–Kier alpha value is -2.82. The number of phenolic OH excluding ortho intramolecular Hbond substituents is 1. The van der Waals surface area contributed by atoms with Crippen LogP contribution >= 0.6 is 0 Å². The highest BCUT2D eigenvalue weighted by Crippen LogP contribution is 2.41. The quantitative estimate of drug-likeness (QED) is 0.878. The zero-order valence-corrected chi connectivity index (χ0v) is 12.3. The van der Waals surface area contributed by atoms with E-state index in [2.05, 4.69) is 0 Å². The van der Waals surface area contributed by atoms with Crippen molar-refractivity contribution in [2.75, 3.05) is 21.0 Å². The van der Waals surface area contributed by atoms with Crippen LogP contribution in [0.3, 0.4) is 0 Å². The number of fused-ring (bicyclic) bond motifs is 1. The van der Waals surface area contributed by atoms with Gasteiger partial charge in [-0.25, -0.2) is 0 Å². The molecule has 0 bridgehead atoms. The van der Waals surface area contributed by atoms with Crippen molar-refractivity contribution in [3.63, 3.8) is 0 Å². The van der Waals surface area contributed by atoms with E-state index >= 15 is 0 Å². The van der Waals surface area contributed by atoms with Crippen LogP contribution in [0.5, 0.6) is 28.7 Å². The third-order valence-corrected chi connectivity index (χ3v) is 3.35. The highest BCUT2D eigenvalue weighted by molar-refractivity contribution is 5.73. The molecule has 0 saturated carbocycles. The molecular weight excluding hydrogens is 284 g/mol. The normalized spacial score (nSPS) is 12.6. The summed E-state index contributed by atoms with van der Waals surface area (Å²) in [7, 11) is 3.20. The summed E-state index contributed by atoms with van der Waals surface area (Å²) in [5.74, 6) is 2.36. The van der Waals surface area contributed by atoms with Crippen LogP contribution in [0.1, 0.15) is 11.1 Å². The van der Waals surface area contributed by atoms with Gasteiger partial charge < -0.3 is 24.1 Å².